The van der Waals surface area contributed by atoms with Crippen molar-refractivity contribution in [1.29, 1.82) is 0 Å². The van der Waals surface area contributed by atoms with E-state index in [1.807, 2.05) is 7.05 Å². The highest BCUT2D eigenvalue weighted by Gasteiger charge is 2.22. The Morgan fingerprint density at radius 2 is 2.38 bits per heavy atom. The van der Waals surface area contributed by atoms with E-state index in [-0.39, 0.29) is 6.03 Å². The van der Waals surface area contributed by atoms with E-state index in [0.717, 1.165) is 6.54 Å². The van der Waals surface area contributed by atoms with Gasteiger partial charge in [-0.15, -0.1) is 0 Å². The molecule has 0 aromatic carbocycles. The topological polar surface area (TPSA) is 75.9 Å². The minimum Gasteiger partial charge on any atom is -0.327 e. The summed E-state index contributed by atoms with van der Waals surface area (Å²) in [6, 6.07) is 3.46. The zero-order chi connectivity index (χ0) is 14.7. The second kappa shape index (κ2) is 5.90. The number of amides is 2. The highest BCUT2D eigenvalue weighted by Crippen LogP contribution is 2.27. The summed E-state index contributed by atoms with van der Waals surface area (Å²) >= 11 is 0. The number of rotatable bonds is 4. The molecule has 0 bridgehead atoms. The summed E-state index contributed by atoms with van der Waals surface area (Å²) in [5.74, 6) is 1.20. The average Bonchev–Trinajstić information content (AvgIpc) is 2.97. The number of pyridine rings is 1. The van der Waals surface area contributed by atoms with E-state index in [4.69, 9.17) is 0 Å². The van der Waals surface area contributed by atoms with Crippen LogP contribution in [0.4, 0.5) is 10.5 Å². The molecule has 0 unspecified atom stereocenters. The van der Waals surface area contributed by atoms with Crippen LogP contribution < -0.4 is 5.32 Å². The van der Waals surface area contributed by atoms with Crippen LogP contribution in [0.3, 0.4) is 0 Å². The lowest BCUT2D eigenvalue weighted by molar-refractivity contribution is 0.194. The van der Waals surface area contributed by atoms with Crippen LogP contribution >= 0.6 is 0 Å². The first-order valence-corrected chi connectivity index (χ1v) is 7.06. The molecule has 0 aliphatic heterocycles. The number of hydrogen-bond donors (Lipinski definition) is 1. The maximum atomic E-state index is 12.3. The Balaban J connectivity index is 1.71. The molecule has 7 heteroatoms. The number of carbonyl (C=O) groups is 1. The molecule has 7 nitrogen and oxygen atoms in total. The van der Waals surface area contributed by atoms with Gasteiger partial charge in [0.05, 0.1) is 5.69 Å². The van der Waals surface area contributed by atoms with Gasteiger partial charge in [-0.3, -0.25) is 0 Å². The van der Waals surface area contributed by atoms with Gasteiger partial charge in [0, 0.05) is 19.8 Å². The summed E-state index contributed by atoms with van der Waals surface area (Å²) in [6.07, 6.45) is 8.35. The van der Waals surface area contributed by atoms with Crippen molar-refractivity contribution >= 4 is 11.7 Å². The van der Waals surface area contributed by atoms with Crippen molar-refractivity contribution in [2.45, 2.75) is 19.3 Å². The van der Waals surface area contributed by atoms with Crippen LogP contribution in [0.2, 0.25) is 0 Å². The molecule has 1 N–H and O–H groups in total. The first-order chi connectivity index (χ1) is 10.2. The Morgan fingerprint density at radius 3 is 3.05 bits per heavy atom. The largest absolute Gasteiger partial charge is 0.327 e. The molecular weight excluding hydrogens is 268 g/mol. The van der Waals surface area contributed by atoms with Crippen LogP contribution in [0.15, 0.2) is 31.0 Å². The van der Waals surface area contributed by atoms with Crippen LogP contribution in [-0.2, 0) is 0 Å². The van der Waals surface area contributed by atoms with Crippen molar-refractivity contribution in [2.24, 2.45) is 5.92 Å². The molecule has 0 saturated heterocycles. The van der Waals surface area contributed by atoms with Gasteiger partial charge in [-0.2, -0.15) is 5.10 Å². The van der Waals surface area contributed by atoms with Gasteiger partial charge < -0.3 is 10.2 Å². The quantitative estimate of drug-likeness (QED) is 0.931. The van der Waals surface area contributed by atoms with Gasteiger partial charge in [-0.05, 0) is 30.9 Å². The van der Waals surface area contributed by atoms with Gasteiger partial charge in [0.25, 0.3) is 0 Å². The summed E-state index contributed by atoms with van der Waals surface area (Å²) in [6.45, 7) is 0.796. The zero-order valence-corrected chi connectivity index (χ0v) is 11.9. The van der Waals surface area contributed by atoms with Gasteiger partial charge >= 0.3 is 6.03 Å². The van der Waals surface area contributed by atoms with Crippen LogP contribution in [-0.4, -0.2) is 44.3 Å². The SMILES string of the molecule is CN(CC1CCC1)C(=O)Nc1cccnc1-n1cncn1. The molecule has 1 saturated carbocycles. The minimum atomic E-state index is -0.128. The molecule has 2 amide bonds. The Kier molecular flexibility index (Phi) is 3.81. The van der Waals surface area contributed by atoms with Crippen molar-refractivity contribution in [1.82, 2.24) is 24.6 Å². The normalized spacial score (nSPS) is 14.5. The van der Waals surface area contributed by atoms with Gasteiger partial charge in [-0.1, -0.05) is 6.42 Å². The fourth-order valence-electron chi connectivity index (χ4n) is 2.35. The molecule has 2 heterocycles. The fraction of sp³-hybridized carbons (Fsp3) is 0.429. The number of aromatic nitrogens is 4. The third-order valence-electron chi connectivity index (χ3n) is 3.77. The van der Waals surface area contributed by atoms with Gasteiger partial charge in [-0.25, -0.2) is 19.4 Å². The molecule has 1 aliphatic carbocycles. The van der Waals surface area contributed by atoms with Crippen molar-refractivity contribution in [3.8, 4) is 5.82 Å². The second-order valence-electron chi connectivity index (χ2n) is 5.32. The molecule has 2 aromatic rings. The van der Waals surface area contributed by atoms with Gasteiger partial charge in [0.15, 0.2) is 5.82 Å². The van der Waals surface area contributed by atoms with E-state index < -0.39 is 0 Å². The van der Waals surface area contributed by atoms with Crippen molar-refractivity contribution < 1.29 is 4.79 Å². The number of anilines is 1. The monoisotopic (exact) mass is 286 g/mol. The van der Waals surface area contributed by atoms with E-state index in [0.29, 0.717) is 17.4 Å². The Morgan fingerprint density at radius 1 is 1.52 bits per heavy atom. The molecule has 21 heavy (non-hydrogen) atoms. The molecular formula is C14H18N6O. The smallest absolute Gasteiger partial charge is 0.321 e. The molecule has 3 rings (SSSR count). The maximum absolute atomic E-state index is 12.3. The number of carbonyl (C=O) groups excluding carboxylic acids is 1. The first kappa shape index (κ1) is 13.5. The summed E-state index contributed by atoms with van der Waals surface area (Å²) in [7, 11) is 1.82. The Hall–Kier alpha value is -2.44. The van der Waals surface area contributed by atoms with Crippen LogP contribution in [0.25, 0.3) is 5.82 Å². The molecule has 0 atom stereocenters. The number of nitrogens with one attached hydrogen (secondary N) is 1. The summed E-state index contributed by atoms with van der Waals surface area (Å²) in [5, 5.41) is 6.94. The molecule has 1 fully saturated rings. The number of urea groups is 1. The van der Waals surface area contributed by atoms with Crippen molar-refractivity contribution in [3.63, 3.8) is 0 Å². The summed E-state index contributed by atoms with van der Waals surface area (Å²) in [5.41, 5.74) is 0.619. The predicted molar refractivity (Wildman–Crippen MR) is 78.1 cm³/mol. The fourth-order valence-corrected chi connectivity index (χ4v) is 2.35. The van der Waals surface area contributed by atoms with E-state index in [9.17, 15) is 4.79 Å². The van der Waals surface area contributed by atoms with Gasteiger partial charge in [0.1, 0.15) is 12.7 Å². The van der Waals surface area contributed by atoms with Crippen LogP contribution in [0.5, 0.6) is 0 Å². The molecule has 0 spiro atoms. The van der Waals surface area contributed by atoms with E-state index >= 15 is 0 Å². The summed E-state index contributed by atoms with van der Waals surface area (Å²) < 4.78 is 1.53. The van der Waals surface area contributed by atoms with Crippen LogP contribution in [0.1, 0.15) is 19.3 Å². The molecule has 1 aliphatic rings. The average molecular weight is 286 g/mol. The third kappa shape index (κ3) is 3.01. The van der Waals surface area contributed by atoms with Crippen molar-refractivity contribution in [2.75, 3.05) is 18.9 Å². The Bertz CT molecular complexity index is 608. The zero-order valence-electron chi connectivity index (χ0n) is 11.9. The summed E-state index contributed by atoms with van der Waals surface area (Å²) in [4.78, 5) is 22.1. The maximum Gasteiger partial charge on any atom is 0.321 e. The minimum absolute atomic E-state index is 0.128. The lowest BCUT2D eigenvalue weighted by atomic mass is 9.85. The van der Waals surface area contributed by atoms with Gasteiger partial charge in [0.2, 0.25) is 0 Å². The van der Waals surface area contributed by atoms with E-state index in [2.05, 4.69) is 20.4 Å². The number of nitrogens with zero attached hydrogens (tertiary/aromatic N) is 5. The van der Waals surface area contributed by atoms with E-state index in [1.165, 1.54) is 30.3 Å². The molecule has 0 radical (unpaired) electrons. The highest BCUT2D eigenvalue weighted by atomic mass is 16.2. The Labute approximate surface area is 123 Å². The standard InChI is InChI=1S/C14H18N6O/c1-19(8-11-4-2-5-11)14(21)18-12-6-3-7-16-13(12)20-10-15-9-17-20/h3,6-7,9-11H,2,4-5,8H2,1H3,(H,18,21). The lowest BCUT2D eigenvalue weighted by Crippen LogP contribution is -2.37. The third-order valence-corrected chi connectivity index (χ3v) is 3.77. The molecule has 110 valence electrons. The van der Waals surface area contributed by atoms with Crippen molar-refractivity contribution in [3.05, 3.63) is 31.0 Å². The lowest BCUT2D eigenvalue weighted by Gasteiger charge is -2.30. The van der Waals surface area contributed by atoms with E-state index in [1.54, 1.807) is 29.6 Å². The predicted octanol–water partition coefficient (Wildman–Crippen LogP) is 1.93. The second-order valence-corrected chi connectivity index (χ2v) is 5.32. The van der Waals surface area contributed by atoms with Crippen LogP contribution in [0, 0.1) is 5.92 Å². The molecule has 2 aromatic heterocycles. The number of hydrogen-bond acceptors (Lipinski definition) is 4. The highest BCUT2D eigenvalue weighted by molar-refractivity contribution is 5.90. The first-order valence-electron chi connectivity index (χ1n) is 7.06.